The number of hydrogen-bond donors (Lipinski definition) is 2. The fraction of sp³-hybridized carbons (Fsp3) is 0.600. The van der Waals surface area contributed by atoms with Gasteiger partial charge in [0.15, 0.2) is 0 Å². The van der Waals surface area contributed by atoms with Crippen molar-refractivity contribution in [2.45, 2.75) is 46.3 Å². The first kappa shape index (κ1) is 14.2. The van der Waals surface area contributed by atoms with E-state index in [1.54, 1.807) is 0 Å². The maximum atomic E-state index is 10.1. The molecule has 0 aromatic heterocycles. The molecule has 0 aliphatic carbocycles. The minimum absolute atomic E-state index is 0.261. The Labute approximate surface area is 105 Å². The van der Waals surface area contributed by atoms with Gasteiger partial charge in [-0.05, 0) is 30.4 Å². The number of benzene rings is 1. The van der Waals surface area contributed by atoms with Crippen molar-refractivity contribution in [1.29, 1.82) is 0 Å². The average molecular weight is 235 g/mol. The summed E-state index contributed by atoms with van der Waals surface area (Å²) in [5, 5.41) is 13.5. The SMILES string of the molecule is CCc1ccccc1CNCC(C)(O)C(C)C. The molecule has 2 heteroatoms. The molecule has 0 amide bonds. The summed E-state index contributed by atoms with van der Waals surface area (Å²) >= 11 is 0. The smallest absolute Gasteiger partial charge is 0.0766 e. The van der Waals surface area contributed by atoms with Crippen LogP contribution in [0.25, 0.3) is 0 Å². The third kappa shape index (κ3) is 4.14. The summed E-state index contributed by atoms with van der Waals surface area (Å²) in [7, 11) is 0. The van der Waals surface area contributed by atoms with Crippen molar-refractivity contribution in [3.63, 3.8) is 0 Å². The molecular formula is C15H25NO. The predicted molar refractivity (Wildman–Crippen MR) is 73.0 cm³/mol. The second kappa shape index (κ2) is 6.18. The number of aryl methyl sites for hydroxylation is 1. The van der Waals surface area contributed by atoms with Crippen LogP contribution in [-0.2, 0) is 13.0 Å². The van der Waals surface area contributed by atoms with Crippen LogP contribution in [-0.4, -0.2) is 17.3 Å². The fourth-order valence-electron chi connectivity index (χ4n) is 1.73. The van der Waals surface area contributed by atoms with Gasteiger partial charge >= 0.3 is 0 Å². The molecular weight excluding hydrogens is 210 g/mol. The summed E-state index contributed by atoms with van der Waals surface area (Å²) in [6, 6.07) is 8.46. The molecule has 1 aromatic rings. The van der Waals surface area contributed by atoms with Crippen LogP contribution in [0.15, 0.2) is 24.3 Å². The van der Waals surface area contributed by atoms with Gasteiger partial charge in [0.2, 0.25) is 0 Å². The topological polar surface area (TPSA) is 32.3 Å². The standard InChI is InChI=1S/C15H25NO/c1-5-13-8-6-7-9-14(13)10-16-11-15(4,17)12(2)3/h6-9,12,16-17H,5,10-11H2,1-4H3. The third-order valence-corrected chi connectivity index (χ3v) is 3.54. The van der Waals surface area contributed by atoms with Gasteiger partial charge in [0.25, 0.3) is 0 Å². The zero-order valence-corrected chi connectivity index (χ0v) is 11.5. The van der Waals surface area contributed by atoms with Gasteiger partial charge in [-0.3, -0.25) is 0 Å². The van der Waals surface area contributed by atoms with Crippen LogP contribution in [0.5, 0.6) is 0 Å². The van der Waals surface area contributed by atoms with Crippen LogP contribution < -0.4 is 5.32 Å². The number of nitrogens with one attached hydrogen (secondary N) is 1. The lowest BCUT2D eigenvalue weighted by molar-refractivity contribution is 0.0140. The van der Waals surface area contributed by atoms with Gasteiger partial charge in [-0.15, -0.1) is 0 Å². The first-order valence-electron chi connectivity index (χ1n) is 6.47. The first-order valence-corrected chi connectivity index (χ1v) is 6.47. The monoisotopic (exact) mass is 235 g/mol. The molecule has 0 saturated carbocycles. The summed E-state index contributed by atoms with van der Waals surface area (Å²) in [6.07, 6.45) is 1.05. The molecule has 0 radical (unpaired) electrons. The lowest BCUT2D eigenvalue weighted by atomic mass is 9.92. The largest absolute Gasteiger partial charge is 0.389 e. The van der Waals surface area contributed by atoms with Gasteiger partial charge in [0, 0.05) is 13.1 Å². The van der Waals surface area contributed by atoms with Gasteiger partial charge in [-0.2, -0.15) is 0 Å². The Morgan fingerprint density at radius 3 is 2.35 bits per heavy atom. The van der Waals surface area contributed by atoms with E-state index in [1.807, 2.05) is 20.8 Å². The van der Waals surface area contributed by atoms with E-state index in [0.29, 0.717) is 6.54 Å². The van der Waals surface area contributed by atoms with Crippen molar-refractivity contribution >= 4 is 0 Å². The van der Waals surface area contributed by atoms with Gasteiger partial charge in [-0.25, -0.2) is 0 Å². The highest BCUT2D eigenvalue weighted by molar-refractivity contribution is 5.26. The molecule has 17 heavy (non-hydrogen) atoms. The molecule has 1 rings (SSSR count). The molecule has 0 heterocycles. The molecule has 96 valence electrons. The van der Waals surface area contributed by atoms with Gasteiger partial charge in [-0.1, -0.05) is 45.0 Å². The Kier molecular flexibility index (Phi) is 5.16. The van der Waals surface area contributed by atoms with E-state index < -0.39 is 5.60 Å². The highest BCUT2D eigenvalue weighted by Gasteiger charge is 2.23. The summed E-state index contributed by atoms with van der Waals surface area (Å²) in [4.78, 5) is 0. The van der Waals surface area contributed by atoms with Crippen LogP contribution in [0.4, 0.5) is 0 Å². The minimum atomic E-state index is -0.638. The van der Waals surface area contributed by atoms with E-state index in [1.165, 1.54) is 11.1 Å². The van der Waals surface area contributed by atoms with E-state index in [0.717, 1.165) is 13.0 Å². The lowest BCUT2D eigenvalue weighted by Crippen LogP contribution is -2.42. The van der Waals surface area contributed by atoms with E-state index in [9.17, 15) is 5.11 Å². The summed E-state index contributed by atoms with van der Waals surface area (Å²) in [5.74, 6) is 0.261. The van der Waals surface area contributed by atoms with Crippen LogP contribution >= 0.6 is 0 Å². The van der Waals surface area contributed by atoms with Crippen molar-refractivity contribution in [3.8, 4) is 0 Å². The van der Waals surface area contributed by atoms with E-state index >= 15 is 0 Å². The van der Waals surface area contributed by atoms with E-state index in [4.69, 9.17) is 0 Å². The van der Waals surface area contributed by atoms with Crippen LogP contribution in [0, 0.1) is 5.92 Å². The van der Waals surface area contributed by atoms with Crippen molar-refractivity contribution in [1.82, 2.24) is 5.32 Å². The lowest BCUT2D eigenvalue weighted by Gasteiger charge is -2.28. The van der Waals surface area contributed by atoms with Crippen molar-refractivity contribution in [3.05, 3.63) is 35.4 Å². The number of rotatable bonds is 6. The second-order valence-electron chi connectivity index (χ2n) is 5.24. The molecule has 0 spiro atoms. The fourth-order valence-corrected chi connectivity index (χ4v) is 1.73. The van der Waals surface area contributed by atoms with Crippen LogP contribution in [0.1, 0.15) is 38.8 Å². The normalized spacial score (nSPS) is 14.9. The summed E-state index contributed by atoms with van der Waals surface area (Å²) in [6.45, 7) is 9.60. The molecule has 0 saturated heterocycles. The molecule has 0 aliphatic heterocycles. The average Bonchev–Trinajstić information content (AvgIpc) is 2.29. The van der Waals surface area contributed by atoms with Gasteiger partial charge < -0.3 is 10.4 Å². The first-order chi connectivity index (χ1) is 7.97. The molecule has 1 unspecified atom stereocenters. The number of hydrogen-bond acceptors (Lipinski definition) is 2. The van der Waals surface area contributed by atoms with E-state index in [-0.39, 0.29) is 5.92 Å². The zero-order valence-electron chi connectivity index (χ0n) is 11.5. The molecule has 0 aliphatic rings. The van der Waals surface area contributed by atoms with Crippen molar-refractivity contribution in [2.24, 2.45) is 5.92 Å². The Balaban J connectivity index is 2.51. The van der Waals surface area contributed by atoms with Crippen LogP contribution in [0.3, 0.4) is 0 Å². The van der Waals surface area contributed by atoms with Crippen molar-refractivity contribution < 1.29 is 5.11 Å². The highest BCUT2D eigenvalue weighted by Crippen LogP contribution is 2.15. The number of aliphatic hydroxyl groups is 1. The summed E-state index contributed by atoms with van der Waals surface area (Å²) in [5.41, 5.74) is 2.07. The van der Waals surface area contributed by atoms with Crippen molar-refractivity contribution in [2.75, 3.05) is 6.54 Å². The molecule has 1 aromatic carbocycles. The molecule has 0 fully saturated rings. The molecule has 1 atom stereocenters. The quantitative estimate of drug-likeness (QED) is 0.794. The zero-order chi connectivity index (χ0) is 12.9. The highest BCUT2D eigenvalue weighted by atomic mass is 16.3. The Morgan fingerprint density at radius 2 is 1.82 bits per heavy atom. The van der Waals surface area contributed by atoms with Gasteiger partial charge in [0.1, 0.15) is 0 Å². The molecule has 2 nitrogen and oxygen atoms in total. The maximum Gasteiger partial charge on any atom is 0.0766 e. The summed E-state index contributed by atoms with van der Waals surface area (Å²) < 4.78 is 0. The van der Waals surface area contributed by atoms with Gasteiger partial charge in [0.05, 0.1) is 5.60 Å². The Bertz CT molecular complexity index is 345. The van der Waals surface area contributed by atoms with Crippen LogP contribution in [0.2, 0.25) is 0 Å². The Hall–Kier alpha value is -0.860. The third-order valence-electron chi connectivity index (χ3n) is 3.54. The Morgan fingerprint density at radius 1 is 1.24 bits per heavy atom. The molecule has 2 N–H and O–H groups in total. The molecule has 0 bridgehead atoms. The van der Waals surface area contributed by atoms with E-state index in [2.05, 4.69) is 36.5 Å². The predicted octanol–water partition coefficient (Wildman–Crippen LogP) is 2.75. The second-order valence-corrected chi connectivity index (χ2v) is 5.24. The minimum Gasteiger partial charge on any atom is -0.389 e. The maximum absolute atomic E-state index is 10.1.